The first-order valence-corrected chi connectivity index (χ1v) is 6.29. The molecule has 0 spiro atoms. The standard InChI is InChI=1S/C15H15ClN2O/c1-9-6-7-10(2)13(8-9)18-15(19)11-4-3-5-12(16)14(11)17/h3-8H,17H2,1-2H3,(H,18,19). The first-order valence-electron chi connectivity index (χ1n) is 5.91. The molecule has 0 saturated heterocycles. The first kappa shape index (κ1) is 13.4. The molecular weight excluding hydrogens is 260 g/mol. The van der Waals surface area contributed by atoms with Gasteiger partial charge < -0.3 is 11.1 Å². The summed E-state index contributed by atoms with van der Waals surface area (Å²) in [6.07, 6.45) is 0. The van der Waals surface area contributed by atoms with Gasteiger partial charge in [0.15, 0.2) is 0 Å². The van der Waals surface area contributed by atoms with Crippen molar-refractivity contribution in [3.05, 3.63) is 58.1 Å². The van der Waals surface area contributed by atoms with Gasteiger partial charge in [-0.1, -0.05) is 29.8 Å². The van der Waals surface area contributed by atoms with Gasteiger partial charge in [-0.15, -0.1) is 0 Å². The minimum absolute atomic E-state index is 0.256. The monoisotopic (exact) mass is 274 g/mol. The van der Waals surface area contributed by atoms with Crippen LogP contribution in [0.5, 0.6) is 0 Å². The number of benzene rings is 2. The Bertz CT molecular complexity index is 638. The number of carbonyl (C=O) groups excluding carboxylic acids is 1. The highest BCUT2D eigenvalue weighted by molar-refractivity contribution is 6.34. The van der Waals surface area contributed by atoms with E-state index in [0.29, 0.717) is 16.3 Å². The molecule has 0 aromatic heterocycles. The molecule has 0 atom stereocenters. The average Bonchev–Trinajstić information content (AvgIpc) is 2.37. The van der Waals surface area contributed by atoms with Crippen LogP contribution >= 0.6 is 11.6 Å². The summed E-state index contributed by atoms with van der Waals surface area (Å²) >= 11 is 5.91. The summed E-state index contributed by atoms with van der Waals surface area (Å²) in [4.78, 5) is 12.2. The van der Waals surface area contributed by atoms with E-state index >= 15 is 0 Å². The number of rotatable bonds is 2. The minimum atomic E-state index is -0.256. The molecule has 0 radical (unpaired) electrons. The summed E-state index contributed by atoms with van der Waals surface area (Å²) in [7, 11) is 0. The second-order valence-corrected chi connectivity index (χ2v) is 4.88. The van der Waals surface area contributed by atoms with Gasteiger partial charge in [0.1, 0.15) is 0 Å². The summed E-state index contributed by atoms with van der Waals surface area (Å²) in [6, 6.07) is 10.9. The second-order valence-electron chi connectivity index (χ2n) is 4.47. The highest BCUT2D eigenvalue weighted by atomic mass is 35.5. The fraction of sp³-hybridized carbons (Fsp3) is 0.133. The van der Waals surface area contributed by atoms with E-state index in [1.54, 1.807) is 18.2 Å². The molecular formula is C15H15ClN2O. The number of nitrogens with one attached hydrogen (secondary N) is 1. The van der Waals surface area contributed by atoms with Crippen LogP contribution in [0.4, 0.5) is 11.4 Å². The van der Waals surface area contributed by atoms with E-state index in [1.165, 1.54) is 0 Å². The van der Waals surface area contributed by atoms with Crippen LogP contribution in [0.25, 0.3) is 0 Å². The van der Waals surface area contributed by atoms with Crippen LogP contribution in [-0.4, -0.2) is 5.91 Å². The van der Waals surface area contributed by atoms with Gasteiger partial charge in [0.2, 0.25) is 0 Å². The molecule has 1 amide bonds. The lowest BCUT2D eigenvalue weighted by Crippen LogP contribution is -2.15. The highest BCUT2D eigenvalue weighted by Gasteiger charge is 2.12. The van der Waals surface area contributed by atoms with Gasteiger partial charge in [0, 0.05) is 5.69 Å². The molecule has 3 nitrogen and oxygen atoms in total. The van der Waals surface area contributed by atoms with Gasteiger partial charge in [-0.05, 0) is 43.2 Å². The number of nitrogen functional groups attached to an aromatic ring is 1. The molecule has 0 aliphatic carbocycles. The predicted molar refractivity (Wildman–Crippen MR) is 79.7 cm³/mol. The van der Waals surface area contributed by atoms with Crippen molar-refractivity contribution < 1.29 is 4.79 Å². The predicted octanol–water partition coefficient (Wildman–Crippen LogP) is 3.79. The van der Waals surface area contributed by atoms with Crippen LogP contribution in [-0.2, 0) is 0 Å². The number of para-hydroxylation sites is 1. The number of anilines is 2. The van der Waals surface area contributed by atoms with Crippen LogP contribution in [0.3, 0.4) is 0 Å². The highest BCUT2D eigenvalue weighted by Crippen LogP contribution is 2.24. The van der Waals surface area contributed by atoms with E-state index in [1.807, 2.05) is 32.0 Å². The molecule has 4 heteroatoms. The van der Waals surface area contributed by atoms with Crippen LogP contribution in [0.1, 0.15) is 21.5 Å². The smallest absolute Gasteiger partial charge is 0.257 e. The van der Waals surface area contributed by atoms with E-state index in [-0.39, 0.29) is 5.91 Å². The lowest BCUT2D eigenvalue weighted by atomic mass is 10.1. The number of hydrogen-bond donors (Lipinski definition) is 2. The molecule has 2 aromatic carbocycles. The summed E-state index contributed by atoms with van der Waals surface area (Å²) in [5.41, 5.74) is 9.36. The quantitative estimate of drug-likeness (QED) is 0.819. The molecule has 2 rings (SSSR count). The summed E-state index contributed by atoms with van der Waals surface area (Å²) in [5, 5.41) is 3.24. The van der Waals surface area contributed by atoms with Gasteiger partial charge in [-0.3, -0.25) is 4.79 Å². The molecule has 0 bridgehead atoms. The molecule has 0 saturated carbocycles. The topological polar surface area (TPSA) is 55.1 Å². The zero-order valence-electron chi connectivity index (χ0n) is 10.8. The molecule has 0 aliphatic rings. The largest absolute Gasteiger partial charge is 0.397 e. The molecule has 0 aliphatic heterocycles. The van der Waals surface area contributed by atoms with Crippen LogP contribution in [0.15, 0.2) is 36.4 Å². The van der Waals surface area contributed by atoms with E-state index in [9.17, 15) is 4.79 Å². The van der Waals surface area contributed by atoms with Gasteiger partial charge in [-0.25, -0.2) is 0 Å². The zero-order chi connectivity index (χ0) is 14.0. The summed E-state index contributed by atoms with van der Waals surface area (Å²) in [5.74, 6) is -0.256. The third kappa shape index (κ3) is 2.88. The number of nitrogens with two attached hydrogens (primary N) is 1. The average molecular weight is 275 g/mol. The van der Waals surface area contributed by atoms with Crippen molar-refractivity contribution in [3.8, 4) is 0 Å². The van der Waals surface area contributed by atoms with Crippen LogP contribution in [0, 0.1) is 13.8 Å². The Labute approximate surface area is 117 Å². The Kier molecular flexibility index (Phi) is 3.76. The van der Waals surface area contributed by atoms with Gasteiger partial charge in [0.05, 0.1) is 16.3 Å². The summed E-state index contributed by atoms with van der Waals surface area (Å²) in [6.45, 7) is 3.92. The van der Waals surface area contributed by atoms with Crippen molar-refractivity contribution in [2.24, 2.45) is 0 Å². The molecule has 0 unspecified atom stereocenters. The lowest BCUT2D eigenvalue weighted by Gasteiger charge is -2.11. The maximum atomic E-state index is 12.2. The van der Waals surface area contributed by atoms with Crippen LogP contribution in [0.2, 0.25) is 5.02 Å². The van der Waals surface area contributed by atoms with Gasteiger partial charge in [-0.2, -0.15) is 0 Å². The third-order valence-corrected chi connectivity index (χ3v) is 3.27. The number of amides is 1. The van der Waals surface area contributed by atoms with Gasteiger partial charge in [0.25, 0.3) is 5.91 Å². The number of carbonyl (C=O) groups is 1. The Hall–Kier alpha value is -2.00. The van der Waals surface area contributed by atoms with Crippen molar-refractivity contribution in [3.63, 3.8) is 0 Å². The van der Waals surface area contributed by atoms with E-state index in [4.69, 9.17) is 17.3 Å². The Balaban J connectivity index is 2.31. The van der Waals surface area contributed by atoms with Crippen LogP contribution < -0.4 is 11.1 Å². The van der Waals surface area contributed by atoms with Gasteiger partial charge >= 0.3 is 0 Å². The van der Waals surface area contributed by atoms with Crippen molar-refractivity contribution in [1.29, 1.82) is 0 Å². The SMILES string of the molecule is Cc1ccc(C)c(NC(=O)c2cccc(Cl)c2N)c1. The molecule has 0 heterocycles. The normalized spacial score (nSPS) is 10.3. The number of aryl methyl sites for hydroxylation is 2. The van der Waals surface area contributed by atoms with E-state index < -0.39 is 0 Å². The van der Waals surface area contributed by atoms with Crippen molar-refractivity contribution in [1.82, 2.24) is 0 Å². The number of hydrogen-bond acceptors (Lipinski definition) is 2. The van der Waals surface area contributed by atoms with Crippen molar-refractivity contribution in [2.75, 3.05) is 11.1 Å². The van der Waals surface area contributed by atoms with Crippen molar-refractivity contribution in [2.45, 2.75) is 13.8 Å². The number of halogens is 1. The van der Waals surface area contributed by atoms with Crippen molar-refractivity contribution >= 4 is 28.9 Å². The Morgan fingerprint density at radius 1 is 1.21 bits per heavy atom. The third-order valence-electron chi connectivity index (χ3n) is 2.94. The maximum Gasteiger partial charge on any atom is 0.257 e. The van der Waals surface area contributed by atoms with E-state index in [0.717, 1.165) is 16.8 Å². The molecule has 3 N–H and O–H groups in total. The maximum absolute atomic E-state index is 12.2. The molecule has 0 fully saturated rings. The van der Waals surface area contributed by atoms with E-state index in [2.05, 4.69) is 5.32 Å². The molecule has 19 heavy (non-hydrogen) atoms. The molecule has 98 valence electrons. The fourth-order valence-electron chi connectivity index (χ4n) is 1.80. The fourth-order valence-corrected chi connectivity index (χ4v) is 1.97. The zero-order valence-corrected chi connectivity index (χ0v) is 11.6. The Morgan fingerprint density at radius 3 is 2.68 bits per heavy atom. The second kappa shape index (κ2) is 5.33. The summed E-state index contributed by atoms with van der Waals surface area (Å²) < 4.78 is 0. The first-order chi connectivity index (χ1) is 8.99. The Morgan fingerprint density at radius 2 is 1.95 bits per heavy atom. The molecule has 2 aromatic rings. The lowest BCUT2D eigenvalue weighted by molar-refractivity contribution is 0.102. The minimum Gasteiger partial charge on any atom is -0.397 e.